The smallest absolute Gasteiger partial charge is 0.270 e. The van der Waals surface area contributed by atoms with Gasteiger partial charge in [-0.2, -0.15) is 0 Å². The zero-order valence-corrected chi connectivity index (χ0v) is 14.8. The van der Waals surface area contributed by atoms with Crippen LogP contribution in [0.3, 0.4) is 0 Å². The molecule has 2 amide bonds. The van der Waals surface area contributed by atoms with Gasteiger partial charge < -0.3 is 0 Å². The summed E-state index contributed by atoms with van der Waals surface area (Å²) in [6, 6.07) is 7.08. The summed E-state index contributed by atoms with van der Waals surface area (Å²) in [4.78, 5) is 24.3. The van der Waals surface area contributed by atoms with Crippen LogP contribution in [0.15, 0.2) is 40.4 Å². The van der Waals surface area contributed by atoms with Crippen LogP contribution in [0.2, 0.25) is 0 Å². The number of rotatable bonds is 3. The Labute approximate surface area is 139 Å². The third-order valence-corrected chi connectivity index (χ3v) is 4.82. The van der Waals surface area contributed by atoms with Crippen LogP contribution in [-0.4, -0.2) is 11.8 Å². The SMILES string of the molecule is CC(C)=CC1C(C(=O)NNC(=O)c2ccccc2Br)C1(C)C. The molecule has 1 aromatic carbocycles. The normalized spacial score (nSPS) is 21.7. The van der Waals surface area contributed by atoms with E-state index in [1.54, 1.807) is 18.2 Å². The van der Waals surface area contributed by atoms with Gasteiger partial charge in [0.05, 0.1) is 11.5 Å². The lowest BCUT2D eigenvalue weighted by Gasteiger charge is -2.09. The summed E-state index contributed by atoms with van der Waals surface area (Å²) < 4.78 is 0.691. The van der Waals surface area contributed by atoms with Gasteiger partial charge in [0.25, 0.3) is 5.91 Å². The number of carbonyl (C=O) groups is 2. The van der Waals surface area contributed by atoms with Crippen molar-refractivity contribution in [3.05, 3.63) is 46.0 Å². The summed E-state index contributed by atoms with van der Waals surface area (Å²) in [5.74, 6) is -0.370. The van der Waals surface area contributed by atoms with Gasteiger partial charge in [0.2, 0.25) is 5.91 Å². The molecule has 1 aliphatic carbocycles. The summed E-state index contributed by atoms with van der Waals surface area (Å²) in [5.41, 5.74) is 6.64. The van der Waals surface area contributed by atoms with Gasteiger partial charge in [-0.25, -0.2) is 0 Å². The van der Waals surface area contributed by atoms with Crippen molar-refractivity contribution in [1.82, 2.24) is 10.9 Å². The third kappa shape index (κ3) is 3.40. The van der Waals surface area contributed by atoms with Crippen LogP contribution in [0.25, 0.3) is 0 Å². The molecule has 2 atom stereocenters. The molecule has 2 rings (SSSR count). The molecule has 1 aromatic rings. The second kappa shape index (κ2) is 6.24. The molecule has 5 heteroatoms. The Balaban J connectivity index is 1.96. The van der Waals surface area contributed by atoms with Gasteiger partial charge in [0.1, 0.15) is 0 Å². The maximum Gasteiger partial charge on any atom is 0.270 e. The fourth-order valence-corrected chi connectivity index (χ4v) is 3.22. The number of benzene rings is 1. The molecule has 4 nitrogen and oxygen atoms in total. The van der Waals surface area contributed by atoms with Crippen molar-refractivity contribution in [2.75, 3.05) is 0 Å². The first kappa shape index (κ1) is 16.7. The van der Waals surface area contributed by atoms with E-state index in [2.05, 4.69) is 46.7 Å². The van der Waals surface area contributed by atoms with Crippen molar-refractivity contribution in [2.24, 2.45) is 17.3 Å². The van der Waals surface area contributed by atoms with E-state index in [-0.39, 0.29) is 29.1 Å². The van der Waals surface area contributed by atoms with Crippen molar-refractivity contribution in [1.29, 1.82) is 0 Å². The van der Waals surface area contributed by atoms with Gasteiger partial charge >= 0.3 is 0 Å². The van der Waals surface area contributed by atoms with E-state index in [1.165, 1.54) is 5.57 Å². The van der Waals surface area contributed by atoms with Crippen molar-refractivity contribution >= 4 is 27.7 Å². The Morgan fingerprint density at radius 2 is 1.82 bits per heavy atom. The number of hydrogen-bond acceptors (Lipinski definition) is 2. The predicted octanol–water partition coefficient (Wildman–Crippen LogP) is 3.45. The Kier molecular flexibility index (Phi) is 4.75. The lowest BCUT2D eigenvalue weighted by atomic mass is 10.1. The first-order valence-electron chi connectivity index (χ1n) is 7.25. The minimum absolute atomic E-state index is 0.0700. The predicted molar refractivity (Wildman–Crippen MR) is 89.9 cm³/mol. The number of nitrogens with one attached hydrogen (secondary N) is 2. The summed E-state index contributed by atoms with van der Waals surface area (Å²) in [5, 5.41) is 0. The highest BCUT2D eigenvalue weighted by atomic mass is 79.9. The second-order valence-electron chi connectivity index (χ2n) is 6.49. The van der Waals surface area contributed by atoms with E-state index < -0.39 is 0 Å². The van der Waals surface area contributed by atoms with Crippen molar-refractivity contribution in [2.45, 2.75) is 27.7 Å². The zero-order chi connectivity index (χ0) is 16.5. The van der Waals surface area contributed by atoms with Gasteiger partial charge in [-0.15, -0.1) is 0 Å². The third-order valence-electron chi connectivity index (χ3n) is 4.12. The highest BCUT2D eigenvalue weighted by molar-refractivity contribution is 9.10. The minimum Gasteiger partial charge on any atom is -0.273 e. The van der Waals surface area contributed by atoms with E-state index >= 15 is 0 Å². The van der Waals surface area contributed by atoms with Crippen molar-refractivity contribution in [3.63, 3.8) is 0 Å². The fraction of sp³-hybridized carbons (Fsp3) is 0.412. The molecule has 118 valence electrons. The molecular formula is C17H21BrN2O2. The standard InChI is InChI=1S/C17H21BrN2O2/c1-10(2)9-12-14(17(12,3)4)16(22)20-19-15(21)11-7-5-6-8-13(11)18/h5-9,12,14H,1-4H3,(H,19,21)(H,20,22). The molecule has 1 fully saturated rings. The highest BCUT2D eigenvalue weighted by Gasteiger charge is 2.60. The quantitative estimate of drug-likeness (QED) is 0.637. The molecule has 0 radical (unpaired) electrons. The highest BCUT2D eigenvalue weighted by Crippen LogP contribution is 2.59. The summed E-state index contributed by atoms with van der Waals surface area (Å²) in [6.07, 6.45) is 2.12. The molecule has 0 aliphatic heterocycles. The molecule has 1 aliphatic rings. The molecule has 0 bridgehead atoms. The monoisotopic (exact) mass is 364 g/mol. The number of halogens is 1. The van der Waals surface area contributed by atoms with Gasteiger partial charge in [0, 0.05) is 4.47 Å². The topological polar surface area (TPSA) is 58.2 Å². The van der Waals surface area contributed by atoms with Crippen LogP contribution in [-0.2, 0) is 4.79 Å². The number of allylic oxidation sites excluding steroid dienone is 2. The average molecular weight is 365 g/mol. The lowest BCUT2D eigenvalue weighted by Crippen LogP contribution is -2.43. The maximum absolute atomic E-state index is 12.3. The van der Waals surface area contributed by atoms with E-state index in [1.807, 2.05) is 19.9 Å². The van der Waals surface area contributed by atoms with E-state index in [9.17, 15) is 9.59 Å². The molecule has 0 spiro atoms. The van der Waals surface area contributed by atoms with Crippen LogP contribution in [0.5, 0.6) is 0 Å². The van der Waals surface area contributed by atoms with Gasteiger partial charge in [-0.1, -0.05) is 37.6 Å². The Morgan fingerprint density at radius 1 is 1.18 bits per heavy atom. The Morgan fingerprint density at radius 3 is 2.41 bits per heavy atom. The molecule has 0 saturated heterocycles. The first-order valence-corrected chi connectivity index (χ1v) is 8.04. The van der Waals surface area contributed by atoms with Crippen molar-refractivity contribution in [3.8, 4) is 0 Å². The zero-order valence-electron chi connectivity index (χ0n) is 13.2. The van der Waals surface area contributed by atoms with Crippen LogP contribution in [0.1, 0.15) is 38.1 Å². The van der Waals surface area contributed by atoms with Gasteiger partial charge in [0.15, 0.2) is 0 Å². The Bertz CT molecular complexity index is 633. The number of hydrazine groups is 1. The van der Waals surface area contributed by atoms with Crippen LogP contribution in [0, 0.1) is 17.3 Å². The molecule has 0 heterocycles. The maximum atomic E-state index is 12.3. The van der Waals surface area contributed by atoms with Crippen LogP contribution >= 0.6 is 15.9 Å². The summed E-state index contributed by atoms with van der Waals surface area (Å²) in [6.45, 7) is 8.18. The molecule has 22 heavy (non-hydrogen) atoms. The number of hydrogen-bond donors (Lipinski definition) is 2. The largest absolute Gasteiger partial charge is 0.273 e. The van der Waals surface area contributed by atoms with E-state index in [4.69, 9.17) is 0 Å². The number of carbonyl (C=O) groups excluding carboxylic acids is 2. The fourth-order valence-electron chi connectivity index (χ4n) is 2.76. The van der Waals surface area contributed by atoms with Crippen molar-refractivity contribution < 1.29 is 9.59 Å². The van der Waals surface area contributed by atoms with Crippen LogP contribution < -0.4 is 10.9 Å². The lowest BCUT2D eigenvalue weighted by molar-refractivity contribution is -0.123. The Hall–Kier alpha value is -1.62. The molecular weight excluding hydrogens is 344 g/mol. The minimum atomic E-state index is -0.335. The second-order valence-corrected chi connectivity index (χ2v) is 7.35. The molecule has 1 saturated carbocycles. The average Bonchev–Trinajstić information content (AvgIpc) is 2.96. The van der Waals surface area contributed by atoms with E-state index in [0.29, 0.717) is 10.0 Å². The van der Waals surface area contributed by atoms with E-state index in [0.717, 1.165) is 0 Å². The van der Waals surface area contributed by atoms with Gasteiger partial charge in [-0.3, -0.25) is 20.4 Å². The summed E-state index contributed by atoms with van der Waals surface area (Å²) >= 11 is 3.32. The van der Waals surface area contributed by atoms with Crippen LogP contribution in [0.4, 0.5) is 0 Å². The first-order chi connectivity index (χ1) is 10.2. The molecule has 0 aromatic heterocycles. The number of amides is 2. The molecule has 2 unspecified atom stereocenters. The van der Waals surface area contributed by atoms with Gasteiger partial charge in [-0.05, 0) is 53.2 Å². The summed E-state index contributed by atoms with van der Waals surface area (Å²) in [7, 11) is 0. The molecule has 2 N–H and O–H groups in total.